The molecule has 0 spiro atoms. The quantitative estimate of drug-likeness (QED) is 0.509. The van der Waals surface area contributed by atoms with Crippen LogP contribution < -0.4 is 0 Å². The number of rotatable bonds is 11. The molecule has 0 bridgehead atoms. The van der Waals surface area contributed by atoms with Crippen LogP contribution in [0.2, 0.25) is 0 Å². The van der Waals surface area contributed by atoms with Crippen molar-refractivity contribution in [1.82, 2.24) is 4.90 Å². The van der Waals surface area contributed by atoms with Crippen LogP contribution in [-0.4, -0.2) is 29.3 Å². The van der Waals surface area contributed by atoms with Gasteiger partial charge in [-0.25, -0.2) is 0 Å². The highest BCUT2D eigenvalue weighted by Gasteiger charge is 2.38. The van der Waals surface area contributed by atoms with Gasteiger partial charge >= 0.3 is 0 Å². The summed E-state index contributed by atoms with van der Waals surface area (Å²) in [7, 11) is 0. The molecular weight excluding hydrogens is 222 g/mol. The maximum atomic E-state index is 12.6. The Bertz CT molecular complexity index is 217. The Kier molecular flexibility index (Phi) is 9.35. The molecule has 0 rings (SSSR count). The van der Waals surface area contributed by atoms with Crippen LogP contribution in [0, 0.1) is 0 Å². The standard InChI is InChI=1S/C16H33NO/c1-6-11-12-13-14-15(18)16(7-2,8-3)17(9-4)10-5/h6-14H2,1-5H3. The summed E-state index contributed by atoms with van der Waals surface area (Å²) in [5.74, 6) is 0.465. The van der Waals surface area contributed by atoms with Crippen LogP contribution in [0.25, 0.3) is 0 Å². The molecule has 0 aliphatic heterocycles. The van der Waals surface area contributed by atoms with E-state index in [1.165, 1.54) is 19.3 Å². The third-order valence-electron chi connectivity index (χ3n) is 4.31. The number of Topliss-reactive ketones (excluding diaryl/α,β-unsaturated/α-hetero) is 1. The summed E-state index contributed by atoms with van der Waals surface area (Å²) in [5.41, 5.74) is -0.199. The van der Waals surface area contributed by atoms with Crippen molar-refractivity contribution < 1.29 is 4.79 Å². The van der Waals surface area contributed by atoms with Gasteiger partial charge in [0.15, 0.2) is 5.78 Å². The second-order valence-corrected chi connectivity index (χ2v) is 5.14. The SMILES string of the molecule is CCCCCCC(=O)C(CC)(CC)N(CC)CC. The largest absolute Gasteiger partial charge is 0.298 e. The number of ketones is 1. The molecule has 0 saturated heterocycles. The normalized spacial score (nSPS) is 12.1. The zero-order chi connectivity index (χ0) is 14.0. The Balaban J connectivity index is 4.60. The molecule has 0 amide bonds. The Morgan fingerprint density at radius 2 is 1.44 bits per heavy atom. The fourth-order valence-corrected chi connectivity index (χ4v) is 3.04. The molecule has 0 aromatic carbocycles. The van der Waals surface area contributed by atoms with Crippen LogP contribution in [0.5, 0.6) is 0 Å². The Morgan fingerprint density at radius 1 is 0.889 bits per heavy atom. The second kappa shape index (κ2) is 9.55. The first-order valence-electron chi connectivity index (χ1n) is 7.91. The maximum Gasteiger partial charge on any atom is 0.153 e. The number of hydrogen-bond acceptors (Lipinski definition) is 2. The summed E-state index contributed by atoms with van der Waals surface area (Å²) in [5, 5.41) is 0. The lowest BCUT2D eigenvalue weighted by atomic mass is 9.83. The smallest absolute Gasteiger partial charge is 0.153 e. The Morgan fingerprint density at radius 3 is 1.83 bits per heavy atom. The monoisotopic (exact) mass is 255 g/mol. The minimum absolute atomic E-state index is 0.199. The van der Waals surface area contributed by atoms with E-state index in [1.54, 1.807) is 0 Å². The van der Waals surface area contributed by atoms with E-state index in [0.717, 1.165) is 38.8 Å². The van der Waals surface area contributed by atoms with Crippen molar-refractivity contribution in [2.24, 2.45) is 0 Å². The van der Waals surface area contributed by atoms with Crippen LogP contribution >= 0.6 is 0 Å². The van der Waals surface area contributed by atoms with Gasteiger partial charge in [-0.05, 0) is 32.4 Å². The highest BCUT2D eigenvalue weighted by atomic mass is 16.1. The number of carbonyl (C=O) groups excluding carboxylic acids is 1. The average molecular weight is 255 g/mol. The van der Waals surface area contributed by atoms with Gasteiger partial charge in [-0.2, -0.15) is 0 Å². The minimum Gasteiger partial charge on any atom is -0.298 e. The van der Waals surface area contributed by atoms with E-state index in [4.69, 9.17) is 0 Å². The van der Waals surface area contributed by atoms with Crippen LogP contribution in [0.1, 0.15) is 79.6 Å². The molecule has 0 radical (unpaired) electrons. The Hall–Kier alpha value is -0.370. The first kappa shape index (κ1) is 17.6. The zero-order valence-corrected chi connectivity index (χ0v) is 13.2. The fourth-order valence-electron chi connectivity index (χ4n) is 3.04. The molecule has 0 aliphatic rings. The first-order valence-corrected chi connectivity index (χ1v) is 7.91. The molecule has 0 unspecified atom stereocenters. The van der Waals surface area contributed by atoms with Gasteiger partial charge in [-0.3, -0.25) is 9.69 Å². The summed E-state index contributed by atoms with van der Waals surface area (Å²) in [6.07, 6.45) is 7.40. The molecule has 0 saturated carbocycles. The fraction of sp³-hybridized carbons (Fsp3) is 0.938. The molecule has 0 N–H and O–H groups in total. The molecule has 0 fully saturated rings. The number of unbranched alkanes of at least 4 members (excludes halogenated alkanes) is 3. The first-order chi connectivity index (χ1) is 8.62. The lowest BCUT2D eigenvalue weighted by Gasteiger charge is -2.41. The van der Waals surface area contributed by atoms with Crippen LogP contribution in [0.4, 0.5) is 0 Å². The average Bonchev–Trinajstić information content (AvgIpc) is 2.40. The predicted molar refractivity (Wildman–Crippen MR) is 80.0 cm³/mol. The maximum absolute atomic E-state index is 12.6. The summed E-state index contributed by atoms with van der Waals surface area (Å²) >= 11 is 0. The van der Waals surface area contributed by atoms with Crippen LogP contribution in [0.15, 0.2) is 0 Å². The zero-order valence-electron chi connectivity index (χ0n) is 13.2. The minimum atomic E-state index is -0.199. The molecule has 108 valence electrons. The van der Waals surface area contributed by atoms with E-state index < -0.39 is 0 Å². The lowest BCUT2D eigenvalue weighted by Crippen LogP contribution is -2.53. The molecule has 0 aliphatic carbocycles. The molecule has 0 aromatic rings. The molecule has 2 heteroatoms. The number of carbonyl (C=O) groups is 1. The highest BCUT2D eigenvalue weighted by molar-refractivity contribution is 5.88. The number of hydrogen-bond donors (Lipinski definition) is 0. The van der Waals surface area contributed by atoms with E-state index in [-0.39, 0.29) is 5.54 Å². The van der Waals surface area contributed by atoms with Gasteiger partial charge < -0.3 is 0 Å². The van der Waals surface area contributed by atoms with Crippen LogP contribution in [0.3, 0.4) is 0 Å². The topological polar surface area (TPSA) is 20.3 Å². The van der Waals surface area contributed by atoms with Crippen molar-refractivity contribution in [3.05, 3.63) is 0 Å². The van der Waals surface area contributed by atoms with Crippen molar-refractivity contribution >= 4 is 5.78 Å². The summed E-state index contributed by atoms with van der Waals surface area (Å²) in [4.78, 5) is 15.0. The third-order valence-corrected chi connectivity index (χ3v) is 4.31. The molecular formula is C16H33NO. The van der Waals surface area contributed by atoms with E-state index in [1.807, 2.05) is 0 Å². The number of likely N-dealkylation sites (N-methyl/N-ethyl adjacent to an activating group) is 1. The number of nitrogens with zero attached hydrogens (tertiary/aromatic N) is 1. The molecule has 0 atom stereocenters. The van der Waals surface area contributed by atoms with Gasteiger partial charge in [0.1, 0.15) is 0 Å². The molecule has 18 heavy (non-hydrogen) atoms. The summed E-state index contributed by atoms with van der Waals surface area (Å²) in [6.45, 7) is 12.8. The van der Waals surface area contributed by atoms with Crippen molar-refractivity contribution in [2.75, 3.05) is 13.1 Å². The van der Waals surface area contributed by atoms with Crippen molar-refractivity contribution in [2.45, 2.75) is 85.1 Å². The van der Waals surface area contributed by atoms with Crippen molar-refractivity contribution in [3.63, 3.8) is 0 Å². The van der Waals surface area contributed by atoms with Gasteiger partial charge in [-0.15, -0.1) is 0 Å². The summed E-state index contributed by atoms with van der Waals surface area (Å²) < 4.78 is 0. The van der Waals surface area contributed by atoms with E-state index in [9.17, 15) is 4.79 Å². The molecule has 2 nitrogen and oxygen atoms in total. The Labute approximate surface area is 114 Å². The van der Waals surface area contributed by atoms with Crippen LogP contribution in [-0.2, 0) is 4.79 Å². The second-order valence-electron chi connectivity index (χ2n) is 5.14. The van der Waals surface area contributed by atoms with Gasteiger partial charge in [0.2, 0.25) is 0 Å². The van der Waals surface area contributed by atoms with Crippen molar-refractivity contribution in [1.29, 1.82) is 0 Å². The lowest BCUT2D eigenvalue weighted by molar-refractivity contribution is -0.132. The van der Waals surface area contributed by atoms with E-state index >= 15 is 0 Å². The molecule has 0 heterocycles. The van der Waals surface area contributed by atoms with E-state index in [2.05, 4.69) is 39.5 Å². The third kappa shape index (κ3) is 4.38. The molecule has 0 aromatic heterocycles. The van der Waals surface area contributed by atoms with Gasteiger partial charge in [0.05, 0.1) is 5.54 Å². The van der Waals surface area contributed by atoms with E-state index in [0.29, 0.717) is 5.78 Å². The predicted octanol–water partition coefficient (Wildman–Crippen LogP) is 4.43. The summed E-state index contributed by atoms with van der Waals surface area (Å²) in [6, 6.07) is 0. The highest BCUT2D eigenvalue weighted by Crippen LogP contribution is 2.27. The van der Waals surface area contributed by atoms with Crippen molar-refractivity contribution in [3.8, 4) is 0 Å². The van der Waals surface area contributed by atoms with Gasteiger partial charge in [0.25, 0.3) is 0 Å². The van der Waals surface area contributed by atoms with Gasteiger partial charge in [-0.1, -0.05) is 53.9 Å². The van der Waals surface area contributed by atoms with Gasteiger partial charge in [0, 0.05) is 6.42 Å².